The molecule has 3 heterocycles. The van der Waals surface area contributed by atoms with Gasteiger partial charge in [-0.25, -0.2) is 13.6 Å². The van der Waals surface area contributed by atoms with E-state index >= 15 is 0 Å². The highest BCUT2D eigenvalue weighted by molar-refractivity contribution is 6.83. The Kier molecular flexibility index (Phi) is 10.3. The van der Waals surface area contributed by atoms with E-state index in [1.165, 1.54) is 16.8 Å². The molecule has 2 aliphatic heterocycles. The summed E-state index contributed by atoms with van der Waals surface area (Å²) >= 11 is 0. The Bertz CT molecular complexity index is 1020. The second kappa shape index (κ2) is 12.5. The average Bonchev–Trinajstić information content (AvgIpc) is 3.12. The maximum Gasteiger partial charge on any atom is 0.335 e. The van der Waals surface area contributed by atoms with Crippen molar-refractivity contribution >= 4 is 17.1 Å². The van der Waals surface area contributed by atoms with Gasteiger partial charge in [-0.2, -0.15) is 0 Å². The van der Waals surface area contributed by atoms with E-state index in [0.29, 0.717) is 0 Å². The standard InChI is InChI=1S/C24H42F2N2O8Si2/c1-14(2)37(15(3)4)33-11-18-21(35-38(36-37,16(5)6)17(7)8)22(32-13-31-12-19(25)26)23(34-18)28-10-9-20(29)27-24(28)30/h9-10,14-19,21-23H,11-13H2,1-8H3,(H,27,29,30)/t18-,21-,22-,23-/m1/s1. The molecule has 1 aromatic heterocycles. The normalized spacial score (nSPS) is 27.3. The molecule has 0 bridgehead atoms. The second-order valence-corrected chi connectivity index (χ2v) is 20.0. The first kappa shape index (κ1) is 31.3. The molecule has 0 radical (unpaired) electrons. The predicted octanol–water partition coefficient (Wildman–Crippen LogP) is 4.01. The summed E-state index contributed by atoms with van der Waals surface area (Å²) < 4.78 is 64.8. The van der Waals surface area contributed by atoms with Crippen LogP contribution in [0.3, 0.4) is 0 Å². The molecule has 38 heavy (non-hydrogen) atoms. The number of halogens is 2. The highest BCUT2D eigenvalue weighted by Crippen LogP contribution is 2.48. The van der Waals surface area contributed by atoms with Gasteiger partial charge in [0.1, 0.15) is 31.7 Å². The molecule has 0 aromatic carbocycles. The molecule has 0 unspecified atom stereocenters. The molecule has 4 atom stereocenters. The molecule has 0 aliphatic carbocycles. The van der Waals surface area contributed by atoms with Crippen molar-refractivity contribution in [3.63, 3.8) is 0 Å². The number of hydrogen-bond donors (Lipinski definition) is 1. The topological polar surface area (TPSA) is 110 Å². The van der Waals surface area contributed by atoms with Crippen LogP contribution in [-0.2, 0) is 27.2 Å². The first-order chi connectivity index (χ1) is 17.7. The van der Waals surface area contributed by atoms with Crippen LogP contribution in [0.15, 0.2) is 21.9 Å². The van der Waals surface area contributed by atoms with Gasteiger partial charge in [-0.1, -0.05) is 55.4 Å². The van der Waals surface area contributed by atoms with Gasteiger partial charge in [-0.05, 0) is 22.2 Å². The number of fused-ring (bicyclic) bond motifs is 1. The van der Waals surface area contributed by atoms with Crippen LogP contribution < -0.4 is 11.2 Å². The van der Waals surface area contributed by atoms with Crippen LogP contribution >= 0.6 is 0 Å². The van der Waals surface area contributed by atoms with Crippen LogP contribution in [0, 0.1) is 0 Å². The lowest BCUT2D eigenvalue weighted by atomic mass is 10.1. The molecule has 2 aliphatic rings. The molecule has 1 aromatic rings. The summed E-state index contributed by atoms with van der Waals surface area (Å²) in [6.07, 6.45) is -4.67. The molecule has 2 saturated heterocycles. The van der Waals surface area contributed by atoms with E-state index < -0.39 is 72.7 Å². The minimum atomic E-state index is -3.06. The molecule has 3 rings (SSSR count). The number of alkyl halides is 2. The Morgan fingerprint density at radius 3 is 2.16 bits per heavy atom. The van der Waals surface area contributed by atoms with E-state index in [9.17, 15) is 18.4 Å². The van der Waals surface area contributed by atoms with E-state index in [0.717, 1.165) is 0 Å². The predicted molar refractivity (Wildman–Crippen MR) is 141 cm³/mol. The molecular formula is C24H42F2N2O8Si2. The number of aromatic amines is 1. The summed E-state index contributed by atoms with van der Waals surface area (Å²) in [5.41, 5.74) is -0.946. The number of nitrogens with zero attached hydrogens (tertiary/aromatic N) is 1. The average molecular weight is 581 g/mol. The number of aromatic nitrogens is 2. The fourth-order valence-electron chi connectivity index (χ4n) is 5.42. The molecule has 0 saturated carbocycles. The van der Waals surface area contributed by atoms with Crippen molar-refractivity contribution in [3.05, 3.63) is 33.1 Å². The highest BCUT2D eigenvalue weighted by Gasteiger charge is 2.62. The maximum absolute atomic E-state index is 12.7. The fraction of sp³-hybridized carbons (Fsp3) is 0.833. The van der Waals surface area contributed by atoms with Crippen molar-refractivity contribution in [2.75, 3.05) is 20.0 Å². The van der Waals surface area contributed by atoms with Crippen molar-refractivity contribution in [1.82, 2.24) is 9.55 Å². The van der Waals surface area contributed by atoms with Gasteiger partial charge in [0, 0.05) is 12.3 Å². The zero-order chi connectivity index (χ0) is 28.4. The monoisotopic (exact) mass is 580 g/mol. The number of ether oxygens (including phenoxy) is 3. The lowest BCUT2D eigenvalue weighted by Gasteiger charge is -2.51. The van der Waals surface area contributed by atoms with Gasteiger partial charge in [-0.15, -0.1) is 0 Å². The lowest BCUT2D eigenvalue weighted by molar-refractivity contribution is -0.151. The molecule has 10 nitrogen and oxygen atoms in total. The third-order valence-corrected chi connectivity index (χ3v) is 17.6. The number of H-pyrrole nitrogens is 1. The van der Waals surface area contributed by atoms with Gasteiger partial charge in [0.15, 0.2) is 6.23 Å². The summed E-state index contributed by atoms with van der Waals surface area (Å²) in [5, 5.41) is 0. The fourth-order valence-corrected chi connectivity index (χ4v) is 16.6. The van der Waals surface area contributed by atoms with Gasteiger partial charge in [0.25, 0.3) is 12.0 Å². The SMILES string of the molecule is CC(C)[Si]1(C(C)C)OC[C@H]2O[C@@H](n3ccc(=O)[nH]c3=O)[C@H](OCOCC(F)F)[C@@H]2O[Si](C(C)C)(C(C)C)O1. The molecule has 0 amide bonds. The van der Waals surface area contributed by atoms with Crippen LogP contribution in [0.5, 0.6) is 0 Å². The first-order valence-corrected chi connectivity index (χ1v) is 17.2. The number of rotatable bonds is 10. The third kappa shape index (κ3) is 6.22. The Morgan fingerprint density at radius 2 is 1.63 bits per heavy atom. The molecule has 218 valence electrons. The summed E-state index contributed by atoms with van der Waals surface area (Å²) in [6, 6.07) is 1.20. The van der Waals surface area contributed by atoms with Crippen LogP contribution in [-0.4, -0.2) is 71.4 Å². The van der Waals surface area contributed by atoms with Gasteiger partial charge in [0.2, 0.25) is 0 Å². The summed E-state index contributed by atoms with van der Waals surface area (Å²) in [4.78, 5) is 26.7. The summed E-state index contributed by atoms with van der Waals surface area (Å²) in [7, 11) is -5.89. The van der Waals surface area contributed by atoms with Crippen molar-refractivity contribution in [2.45, 2.75) is 109 Å². The van der Waals surface area contributed by atoms with E-state index in [-0.39, 0.29) is 28.8 Å². The minimum absolute atomic E-state index is 0.0276. The largest absolute Gasteiger partial charge is 0.414 e. The van der Waals surface area contributed by atoms with Crippen LogP contribution in [0.4, 0.5) is 8.78 Å². The lowest BCUT2D eigenvalue weighted by Crippen LogP contribution is -2.66. The molecule has 1 N–H and O–H groups in total. The van der Waals surface area contributed by atoms with Gasteiger partial charge >= 0.3 is 22.8 Å². The zero-order valence-corrected chi connectivity index (χ0v) is 25.4. The molecular weight excluding hydrogens is 538 g/mol. The molecule has 14 heteroatoms. The van der Waals surface area contributed by atoms with Crippen LogP contribution in [0.1, 0.15) is 61.6 Å². The summed E-state index contributed by atoms with van der Waals surface area (Å²) in [6.45, 7) is 15.6. The zero-order valence-electron chi connectivity index (χ0n) is 23.4. The smallest absolute Gasteiger partial charge is 0.335 e. The van der Waals surface area contributed by atoms with Gasteiger partial charge in [0.05, 0.1) is 6.61 Å². The van der Waals surface area contributed by atoms with E-state index in [2.05, 4.69) is 60.4 Å². The van der Waals surface area contributed by atoms with Crippen LogP contribution in [0.2, 0.25) is 22.2 Å². The maximum atomic E-state index is 12.7. The van der Waals surface area contributed by atoms with Crippen molar-refractivity contribution in [3.8, 4) is 0 Å². The third-order valence-electron chi connectivity index (χ3n) is 7.33. The van der Waals surface area contributed by atoms with Crippen molar-refractivity contribution < 1.29 is 36.0 Å². The van der Waals surface area contributed by atoms with E-state index in [1.54, 1.807) is 0 Å². The summed E-state index contributed by atoms with van der Waals surface area (Å²) in [5.74, 6) is 0. The highest BCUT2D eigenvalue weighted by atomic mass is 28.5. The van der Waals surface area contributed by atoms with E-state index in [1.807, 2.05) is 0 Å². The number of nitrogens with one attached hydrogen (secondary N) is 1. The van der Waals surface area contributed by atoms with Crippen LogP contribution in [0.25, 0.3) is 0 Å². The minimum Gasteiger partial charge on any atom is -0.414 e. The first-order valence-electron chi connectivity index (χ1n) is 13.2. The Labute approximate surface area is 224 Å². The Balaban J connectivity index is 2.09. The Morgan fingerprint density at radius 1 is 1.03 bits per heavy atom. The number of hydrogen-bond acceptors (Lipinski definition) is 8. The quantitative estimate of drug-likeness (QED) is 0.251. The van der Waals surface area contributed by atoms with E-state index in [4.69, 9.17) is 27.2 Å². The molecule has 0 spiro atoms. The van der Waals surface area contributed by atoms with Crippen molar-refractivity contribution in [1.29, 1.82) is 0 Å². The van der Waals surface area contributed by atoms with Crippen molar-refractivity contribution in [2.24, 2.45) is 0 Å². The molecule has 2 fully saturated rings. The van der Waals surface area contributed by atoms with Gasteiger partial charge < -0.3 is 27.2 Å². The second-order valence-electron chi connectivity index (χ2n) is 11.2. The van der Waals surface area contributed by atoms with Gasteiger partial charge in [-0.3, -0.25) is 14.3 Å². The Hall–Kier alpha value is -1.27.